The Balaban J connectivity index is 1.48. The van der Waals surface area contributed by atoms with Crippen LogP contribution >= 0.6 is 0 Å². The normalized spacial score (nSPS) is 48.4. The van der Waals surface area contributed by atoms with Crippen molar-refractivity contribution < 1.29 is 24.2 Å². The molecule has 0 aromatic carbocycles. The molecular weight excluding hydrogens is 476 g/mol. The molecule has 1 saturated heterocycles. The van der Waals surface area contributed by atoms with Gasteiger partial charge in [0.1, 0.15) is 6.29 Å². The SMILES string of the molecule is CC1(C)CCC2(C(=O)O)CCC3(C)C(=C(C=O)CC4C5(C)CCC6(OCCO6)C(C)(C)C5CCC43C)C2C1. The summed E-state index contributed by atoms with van der Waals surface area (Å²) >= 11 is 0. The molecule has 1 spiro atoms. The highest BCUT2D eigenvalue weighted by Crippen LogP contribution is 2.77. The summed E-state index contributed by atoms with van der Waals surface area (Å²) in [5, 5.41) is 10.6. The van der Waals surface area contributed by atoms with E-state index < -0.39 is 17.2 Å². The lowest BCUT2D eigenvalue weighted by Crippen LogP contribution is -2.67. The molecule has 4 saturated carbocycles. The second-order valence-electron chi connectivity index (χ2n) is 16.2. The van der Waals surface area contributed by atoms with Crippen LogP contribution in [0.25, 0.3) is 0 Å². The molecule has 7 unspecified atom stereocenters. The van der Waals surface area contributed by atoms with Crippen molar-refractivity contribution in [1.82, 2.24) is 0 Å². The molecule has 6 aliphatic rings. The van der Waals surface area contributed by atoms with E-state index in [4.69, 9.17) is 9.47 Å². The first-order chi connectivity index (χ1) is 17.6. The average molecular weight is 527 g/mol. The van der Waals surface area contributed by atoms with E-state index >= 15 is 0 Å². The van der Waals surface area contributed by atoms with Crippen LogP contribution in [0.5, 0.6) is 0 Å². The molecule has 5 fully saturated rings. The highest BCUT2D eigenvalue weighted by molar-refractivity contribution is 5.80. The maximum absolute atomic E-state index is 13.0. The van der Waals surface area contributed by atoms with Crippen LogP contribution in [-0.2, 0) is 19.1 Å². The molecule has 38 heavy (non-hydrogen) atoms. The Morgan fingerprint density at radius 2 is 1.53 bits per heavy atom. The van der Waals surface area contributed by atoms with Crippen LogP contribution in [0.1, 0.15) is 113 Å². The van der Waals surface area contributed by atoms with Gasteiger partial charge in [-0.15, -0.1) is 0 Å². The number of carbonyl (C=O) groups is 2. The number of aliphatic carboxylic acids is 1. The van der Waals surface area contributed by atoms with Crippen LogP contribution in [-0.4, -0.2) is 36.4 Å². The summed E-state index contributed by atoms with van der Waals surface area (Å²) in [6.07, 6.45) is 10.3. The number of ether oxygens (including phenoxy) is 2. The van der Waals surface area contributed by atoms with Crippen molar-refractivity contribution in [3.8, 4) is 0 Å². The molecule has 0 radical (unpaired) electrons. The molecule has 0 bridgehead atoms. The van der Waals surface area contributed by atoms with Crippen LogP contribution in [0.4, 0.5) is 0 Å². The summed E-state index contributed by atoms with van der Waals surface area (Å²) in [5.41, 5.74) is 1.39. The van der Waals surface area contributed by atoms with Gasteiger partial charge < -0.3 is 14.6 Å². The predicted molar refractivity (Wildman–Crippen MR) is 146 cm³/mol. The van der Waals surface area contributed by atoms with Crippen molar-refractivity contribution in [3.63, 3.8) is 0 Å². The Bertz CT molecular complexity index is 1080. The van der Waals surface area contributed by atoms with Gasteiger partial charge in [0.25, 0.3) is 0 Å². The van der Waals surface area contributed by atoms with Crippen LogP contribution in [0.3, 0.4) is 0 Å². The summed E-state index contributed by atoms with van der Waals surface area (Å²) in [4.78, 5) is 26.0. The Kier molecular flexibility index (Phi) is 5.65. The van der Waals surface area contributed by atoms with Gasteiger partial charge in [-0.1, -0.05) is 54.0 Å². The van der Waals surface area contributed by atoms with Gasteiger partial charge in [-0.2, -0.15) is 0 Å². The molecule has 1 N–H and O–H groups in total. The number of carboxylic acids is 1. The molecule has 7 atom stereocenters. The number of carbonyl (C=O) groups excluding carboxylic acids is 1. The van der Waals surface area contributed by atoms with Gasteiger partial charge in [0.2, 0.25) is 0 Å². The van der Waals surface area contributed by atoms with Gasteiger partial charge in [0, 0.05) is 11.8 Å². The summed E-state index contributed by atoms with van der Waals surface area (Å²) < 4.78 is 12.7. The highest BCUT2D eigenvalue weighted by Gasteiger charge is 2.72. The first kappa shape index (κ1) is 27.0. The Hall–Kier alpha value is -1.20. The lowest BCUT2D eigenvalue weighted by atomic mass is 9.32. The molecular formula is C33H50O5. The minimum absolute atomic E-state index is 0.0321. The lowest BCUT2D eigenvalue weighted by molar-refractivity contribution is -0.307. The van der Waals surface area contributed by atoms with E-state index in [0.717, 1.165) is 76.1 Å². The standard InChI is InChI=1S/C33H50O5/c1-27(2)10-13-32(26(35)36)14-12-31(7)25(22(32)19-27)21(20-34)18-24-29(5)11-15-33(37-16-17-38-33)28(3,4)23(29)8-9-30(24,31)6/h20,22-24H,8-19H2,1-7H3,(H,35,36). The van der Waals surface area contributed by atoms with E-state index in [1.54, 1.807) is 0 Å². The first-order valence-corrected chi connectivity index (χ1v) is 15.3. The Morgan fingerprint density at radius 1 is 0.868 bits per heavy atom. The second-order valence-corrected chi connectivity index (χ2v) is 16.2. The summed E-state index contributed by atoms with van der Waals surface area (Å²) in [6, 6.07) is 0. The zero-order valence-corrected chi connectivity index (χ0v) is 24.9. The minimum Gasteiger partial charge on any atom is -0.481 e. The maximum Gasteiger partial charge on any atom is 0.310 e. The van der Waals surface area contributed by atoms with Crippen LogP contribution in [0.15, 0.2) is 11.1 Å². The average Bonchev–Trinajstić information content (AvgIpc) is 3.32. The van der Waals surface area contributed by atoms with Crippen LogP contribution in [0, 0.1) is 50.2 Å². The van der Waals surface area contributed by atoms with E-state index in [2.05, 4.69) is 48.5 Å². The van der Waals surface area contributed by atoms with Crippen molar-refractivity contribution in [2.45, 2.75) is 118 Å². The zero-order valence-electron chi connectivity index (χ0n) is 24.9. The molecule has 0 amide bonds. The number of aldehydes is 1. The number of allylic oxidation sites excluding steroid dienone is 2. The molecule has 1 heterocycles. The number of hydrogen-bond acceptors (Lipinski definition) is 4. The van der Waals surface area contributed by atoms with Crippen LogP contribution in [0.2, 0.25) is 0 Å². The fourth-order valence-electron chi connectivity index (χ4n) is 11.8. The van der Waals surface area contributed by atoms with Gasteiger partial charge in [0.15, 0.2) is 5.79 Å². The summed E-state index contributed by atoms with van der Waals surface area (Å²) in [7, 11) is 0. The maximum atomic E-state index is 13.0. The summed E-state index contributed by atoms with van der Waals surface area (Å²) in [6.45, 7) is 18.1. The summed E-state index contributed by atoms with van der Waals surface area (Å²) in [5.74, 6) is -0.339. The van der Waals surface area contributed by atoms with Gasteiger partial charge in [0.05, 0.1) is 18.6 Å². The first-order valence-electron chi connectivity index (χ1n) is 15.3. The third-order valence-corrected chi connectivity index (χ3v) is 14.2. The molecule has 5 heteroatoms. The van der Waals surface area contributed by atoms with Crippen molar-refractivity contribution in [2.75, 3.05) is 13.2 Å². The van der Waals surface area contributed by atoms with E-state index in [-0.39, 0.29) is 33.0 Å². The fraction of sp³-hybridized carbons (Fsp3) is 0.879. The fourth-order valence-corrected chi connectivity index (χ4v) is 11.8. The number of hydrogen-bond donors (Lipinski definition) is 1. The third-order valence-electron chi connectivity index (χ3n) is 14.2. The van der Waals surface area contributed by atoms with E-state index in [9.17, 15) is 14.7 Å². The number of rotatable bonds is 2. The predicted octanol–water partition coefficient (Wildman–Crippen LogP) is 7.18. The number of fused-ring (bicyclic) bond motifs is 7. The quantitative estimate of drug-likeness (QED) is 0.386. The van der Waals surface area contributed by atoms with Crippen molar-refractivity contribution in [2.24, 2.45) is 50.2 Å². The van der Waals surface area contributed by atoms with Crippen LogP contribution < -0.4 is 0 Å². The second kappa shape index (κ2) is 7.96. The van der Waals surface area contributed by atoms with Gasteiger partial charge in [-0.25, -0.2) is 0 Å². The van der Waals surface area contributed by atoms with Gasteiger partial charge in [-0.05, 0) is 103 Å². The zero-order chi connectivity index (χ0) is 27.6. The molecule has 5 aliphatic carbocycles. The molecule has 5 nitrogen and oxygen atoms in total. The largest absolute Gasteiger partial charge is 0.481 e. The van der Waals surface area contributed by atoms with Crippen molar-refractivity contribution >= 4 is 12.3 Å². The topological polar surface area (TPSA) is 72.8 Å². The van der Waals surface area contributed by atoms with E-state index in [0.29, 0.717) is 25.0 Å². The molecule has 1 aliphatic heterocycles. The highest BCUT2D eigenvalue weighted by atomic mass is 16.7. The third kappa shape index (κ3) is 3.07. The Labute approximate surface area is 229 Å². The van der Waals surface area contributed by atoms with Gasteiger partial charge >= 0.3 is 5.97 Å². The smallest absolute Gasteiger partial charge is 0.310 e. The van der Waals surface area contributed by atoms with E-state index in [1.165, 1.54) is 5.57 Å². The van der Waals surface area contributed by atoms with Crippen molar-refractivity contribution in [1.29, 1.82) is 0 Å². The molecule has 212 valence electrons. The molecule has 0 aromatic heterocycles. The van der Waals surface area contributed by atoms with Gasteiger partial charge in [-0.3, -0.25) is 9.59 Å². The van der Waals surface area contributed by atoms with Crippen molar-refractivity contribution in [3.05, 3.63) is 11.1 Å². The van der Waals surface area contributed by atoms with E-state index in [1.807, 2.05) is 0 Å². The monoisotopic (exact) mass is 526 g/mol. The Morgan fingerprint density at radius 3 is 2.16 bits per heavy atom. The number of carboxylic acid groups (broad SMARTS) is 1. The minimum atomic E-state index is -0.723. The lowest BCUT2D eigenvalue weighted by Gasteiger charge is -2.72. The molecule has 0 aromatic rings. The molecule has 6 rings (SSSR count).